The van der Waals surface area contributed by atoms with Crippen molar-refractivity contribution in [3.8, 4) is 0 Å². The van der Waals surface area contributed by atoms with Crippen LogP contribution < -0.4 is 0 Å². The molecule has 0 spiro atoms. The monoisotopic (exact) mass is 346 g/mol. The lowest BCUT2D eigenvalue weighted by atomic mass is 9.91. The Balaban J connectivity index is 2.42. The maximum Gasteiger partial charge on any atom is 0.191 e. The maximum atomic E-state index is 6.29. The molecule has 0 saturated heterocycles. The van der Waals surface area contributed by atoms with Crippen LogP contribution in [-0.4, -0.2) is 14.9 Å². The smallest absolute Gasteiger partial charge is 0.191 e. The van der Waals surface area contributed by atoms with E-state index in [-0.39, 0.29) is 0 Å². The average molecular weight is 347 g/mol. The van der Waals surface area contributed by atoms with Crippen LogP contribution >= 0.6 is 15.9 Å². The van der Waals surface area contributed by atoms with Crippen molar-refractivity contribution in [2.45, 2.75) is 72.0 Å². The molecule has 0 fully saturated rings. The first kappa shape index (κ1) is 17.4. The Labute approximate surface area is 129 Å². The van der Waals surface area contributed by atoms with Crippen LogP contribution in [0.1, 0.15) is 53.9 Å². The Hall–Kier alpha value is 0.397. The van der Waals surface area contributed by atoms with Crippen molar-refractivity contribution in [3.63, 3.8) is 0 Å². The summed E-state index contributed by atoms with van der Waals surface area (Å²) in [6.45, 7) is 17.2. The zero-order valence-electron chi connectivity index (χ0n) is 13.8. The van der Waals surface area contributed by atoms with Crippen LogP contribution in [0.3, 0.4) is 0 Å². The number of rotatable bonds is 5. The lowest BCUT2D eigenvalue weighted by molar-refractivity contribution is 0.241. The quantitative estimate of drug-likeness (QED) is 0.545. The summed E-state index contributed by atoms with van der Waals surface area (Å²) in [5.74, 6) is 1.44. The van der Waals surface area contributed by atoms with E-state index in [4.69, 9.17) is 4.43 Å². The first-order chi connectivity index (χ1) is 8.56. The Bertz CT molecular complexity index is 341. The zero-order chi connectivity index (χ0) is 14.8. The van der Waals surface area contributed by atoms with Gasteiger partial charge in [-0.2, -0.15) is 0 Å². The van der Waals surface area contributed by atoms with Gasteiger partial charge in [0.15, 0.2) is 8.32 Å². The van der Waals surface area contributed by atoms with E-state index in [1.807, 2.05) is 0 Å². The first-order valence-electron chi connectivity index (χ1n) is 7.55. The van der Waals surface area contributed by atoms with Gasteiger partial charge >= 0.3 is 0 Å². The van der Waals surface area contributed by atoms with Crippen molar-refractivity contribution in [1.82, 2.24) is 0 Å². The summed E-state index contributed by atoms with van der Waals surface area (Å²) in [7, 11) is -1.57. The second-order valence-electron chi connectivity index (χ2n) is 7.65. The van der Waals surface area contributed by atoms with Crippen LogP contribution in [0, 0.1) is 11.8 Å². The fourth-order valence-corrected chi connectivity index (χ4v) is 4.33. The topological polar surface area (TPSA) is 9.23 Å². The van der Waals surface area contributed by atoms with E-state index in [2.05, 4.69) is 63.6 Å². The summed E-state index contributed by atoms with van der Waals surface area (Å²) in [5, 5.41) is 0.320. The van der Waals surface area contributed by atoms with E-state index in [1.165, 1.54) is 23.7 Å². The highest BCUT2D eigenvalue weighted by atomic mass is 79.9. The fraction of sp³-hybridized carbons (Fsp3) is 0.875. The molecule has 2 atom stereocenters. The standard InChI is InChI=1S/C16H31BrOSi/c1-12(14-9-8-13(2)15(14)17)10-11-18-19(6,7)16(3,4)5/h12,14H,8-11H2,1-7H3/t12-,14+/m0/s1. The van der Waals surface area contributed by atoms with Crippen molar-refractivity contribution < 1.29 is 4.43 Å². The van der Waals surface area contributed by atoms with Crippen molar-refractivity contribution in [1.29, 1.82) is 0 Å². The molecule has 0 bridgehead atoms. The van der Waals surface area contributed by atoms with Gasteiger partial charge in [0.25, 0.3) is 0 Å². The van der Waals surface area contributed by atoms with Gasteiger partial charge in [-0.25, -0.2) is 0 Å². The highest BCUT2D eigenvalue weighted by Crippen LogP contribution is 2.42. The molecule has 0 N–H and O–H groups in total. The molecule has 0 aromatic carbocycles. The van der Waals surface area contributed by atoms with E-state index in [0.717, 1.165) is 18.4 Å². The third kappa shape index (κ3) is 4.43. The minimum Gasteiger partial charge on any atom is -0.417 e. The molecule has 1 aliphatic rings. The Kier molecular flexibility index (Phi) is 5.92. The van der Waals surface area contributed by atoms with E-state index in [1.54, 1.807) is 5.57 Å². The van der Waals surface area contributed by atoms with E-state index >= 15 is 0 Å². The van der Waals surface area contributed by atoms with Gasteiger partial charge in [0.1, 0.15) is 0 Å². The molecule has 3 heteroatoms. The van der Waals surface area contributed by atoms with Crippen molar-refractivity contribution >= 4 is 24.2 Å². The average Bonchev–Trinajstić information content (AvgIpc) is 2.57. The summed E-state index contributed by atoms with van der Waals surface area (Å²) in [4.78, 5) is 0. The van der Waals surface area contributed by atoms with Gasteiger partial charge in [-0.05, 0) is 60.6 Å². The second-order valence-corrected chi connectivity index (χ2v) is 13.3. The summed E-state index contributed by atoms with van der Waals surface area (Å²) < 4.78 is 7.76. The van der Waals surface area contributed by atoms with Gasteiger partial charge in [0, 0.05) is 6.61 Å². The highest BCUT2D eigenvalue weighted by molar-refractivity contribution is 9.11. The molecular weight excluding hydrogens is 316 g/mol. The van der Waals surface area contributed by atoms with Gasteiger partial charge in [-0.15, -0.1) is 0 Å². The van der Waals surface area contributed by atoms with Crippen LogP contribution in [0.4, 0.5) is 0 Å². The van der Waals surface area contributed by atoms with Crippen LogP contribution in [-0.2, 0) is 4.43 Å². The fourth-order valence-electron chi connectivity index (χ4n) is 2.39. The van der Waals surface area contributed by atoms with Crippen molar-refractivity contribution in [2.24, 2.45) is 11.8 Å². The second kappa shape index (κ2) is 6.44. The molecule has 0 saturated carbocycles. The largest absolute Gasteiger partial charge is 0.417 e. The molecule has 1 aliphatic carbocycles. The van der Waals surface area contributed by atoms with Gasteiger partial charge in [0.2, 0.25) is 0 Å². The molecule has 112 valence electrons. The van der Waals surface area contributed by atoms with Gasteiger partial charge < -0.3 is 4.43 Å². The molecule has 0 unspecified atom stereocenters. The minimum absolute atomic E-state index is 0.320. The van der Waals surface area contributed by atoms with E-state index in [0.29, 0.717) is 5.04 Å². The number of hydrogen-bond acceptors (Lipinski definition) is 1. The lowest BCUT2D eigenvalue weighted by Gasteiger charge is -2.36. The SMILES string of the molecule is CC1=C(Br)[C@@H]([C@@H](C)CCO[Si](C)(C)C(C)(C)C)CC1. The lowest BCUT2D eigenvalue weighted by Crippen LogP contribution is -2.41. The molecule has 0 amide bonds. The summed E-state index contributed by atoms with van der Waals surface area (Å²) in [5.41, 5.74) is 1.54. The summed E-state index contributed by atoms with van der Waals surface area (Å²) in [6, 6.07) is 0. The van der Waals surface area contributed by atoms with Gasteiger partial charge in [0.05, 0.1) is 0 Å². The maximum absolute atomic E-state index is 6.29. The normalized spacial score (nSPS) is 23.1. The number of hydrogen-bond donors (Lipinski definition) is 0. The highest BCUT2D eigenvalue weighted by Gasteiger charge is 2.37. The molecule has 19 heavy (non-hydrogen) atoms. The molecule has 0 heterocycles. The predicted molar refractivity (Wildman–Crippen MR) is 91.3 cm³/mol. The van der Waals surface area contributed by atoms with Gasteiger partial charge in [-0.1, -0.05) is 49.2 Å². The van der Waals surface area contributed by atoms with Crippen LogP contribution in [0.25, 0.3) is 0 Å². The van der Waals surface area contributed by atoms with Crippen LogP contribution in [0.2, 0.25) is 18.1 Å². The summed E-state index contributed by atoms with van der Waals surface area (Å²) >= 11 is 3.78. The molecule has 0 aliphatic heterocycles. The van der Waals surface area contributed by atoms with Crippen molar-refractivity contribution in [2.75, 3.05) is 6.61 Å². The third-order valence-corrected chi connectivity index (χ3v) is 10.9. The molecular formula is C16H31BrOSi. The van der Waals surface area contributed by atoms with Gasteiger partial charge in [-0.3, -0.25) is 0 Å². The molecule has 0 aromatic heterocycles. The molecule has 0 aromatic rings. The molecule has 1 rings (SSSR count). The Morgan fingerprint density at radius 2 is 1.95 bits per heavy atom. The van der Waals surface area contributed by atoms with Crippen molar-refractivity contribution in [3.05, 3.63) is 10.1 Å². The number of halogens is 1. The number of allylic oxidation sites excluding steroid dienone is 2. The Morgan fingerprint density at radius 3 is 2.37 bits per heavy atom. The third-order valence-electron chi connectivity index (χ3n) is 5.09. The molecule has 1 nitrogen and oxygen atoms in total. The zero-order valence-corrected chi connectivity index (χ0v) is 16.4. The Morgan fingerprint density at radius 1 is 1.37 bits per heavy atom. The molecule has 0 radical (unpaired) electrons. The first-order valence-corrected chi connectivity index (χ1v) is 11.3. The predicted octanol–water partition coefficient (Wildman–Crippen LogP) is 6.11. The van der Waals surface area contributed by atoms with E-state index < -0.39 is 8.32 Å². The van der Waals surface area contributed by atoms with E-state index in [9.17, 15) is 0 Å². The van der Waals surface area contributed by atoms with Crippen LogP contribution in [0.15, 0.2) is 10.1 Å². The summed E-state index contributed by atoms with van der Waals surface area (Å²) in [6.07, 6.45) is 3.76. The minimum atomic E-state index is -1.57. The van der Waals surface area contributed by atoms with Crippen LogP contribution in [0.5, 0.6) is 0 Å².